The lowest BCUT2D eigenvalue weighted by molar-refractivity contribution is 0.109. The molecule has 1 aromatic heterocycles. The Balaban J connectivity index is 1.72. The van der Waals surface area contributed by atoms with Crippen LogP contribution in [-0.4, -0.2) is 13.2 Å². The zero-order chi connectivity index (χ0) is 17.1. The minimum atomic E-state index is -0.586. The average Bonchev–Trinajstić information content (AvgIpc) is 2.99. The lowest BCUT2D eigenvalue weighted by Crippen LogP contribution is -2.15. The summed E-state index contributed by atoms with van der Waals surface area (Å²) in [5, 5.41) is 4.04. The molecule has 0 saturated carbocycles. The summed E-state index contributed by atoms with van der Waals surface area (Å²) in [7, 11) is 1.58. The molecule has 0 fully saturated rings. The van der Waals surface area contributed by atoms with E-state index in [9.17, 15) is 4.79 Å². The van der Waals surface area contributed by atoms with Crippen molar-refractivity contribution in [3.63, 3.8) is 0 Å². The predicted molar refractivity (Wildman–Crippen MR) is 92.7 cm³/mol. The second-order valence-electron chi connectivity index (χ2n) is 5.21. The summed E-state index contributed by atoms with van der Waals surface area (Å²) >= 11 is 5.88. The molecule has 24 heavy (non-hydrogen) atoms. The molecular weight excluding hydrogens is 330 g/mol. The number of anilines is 1. The molecule has 124 valence electrons. The average molecular weight is 346 g/mol. The first-order chi connectivity index (χ1) is 11.6. The third-order valence-electron chi connectivity index (χ3n) is 3.50. The summed E-state index contributed by atoms with van der Waals surface area (Å²) in [5.74, 6) is 1.17. The Morgan fingerprint density at radius 2 is 2.00 bits per heavy atom. The number of ether oxygens (including phenoxy) is 2. The van der Waals surface area contributed by atoms with E-state index in [-0.39, 0.29) is 0 Å². The Hall–Kier alpha value is -2.66. The van der Waals surface area contributed by atoms with Crippen LogP contribution < -0.4 is 10.1 Å². The predicted octanol–water partition coefficient (Wildman–Crippen LogP) is 5.40. The van der Waals surface area contributed by atoms with Crippen molar-refractivity contribution in [3.05, 3.63) is 59.3 Å². The quantitative estimate of drug-likeness (QED) is 0.687. The molecule has 1 atom stereocenters. The number of hydrogen-bond acceptors (Lipinski definition) is 4. The Bertz CT molecular complexity index is 874. The fourth-order valence-electron chi connectivity index (χ4n) is 2.35. The van der Waals surface area contributed by atoms with Crippen molar-refractivity contribution in [1.29, 1.82) is 0 Å². The van der Waals surface area contributed by atoms with Crippen LogP contribution in [0.2, 0.25) is 5.02 Å². The molecule has 0 unspecified atom stereocenters. The molecule has 2 aromatic carbocycles. The normalized spacial score (nSPS) is 12.0. The number of carbonyl (C=O) groups is 1. The van der Waals surface area contributed by atoms with Crippen molar-refractivity contribution >= 4 is 34.4 Å². The fourth-order valence-corrected chi connectivity index (χ4v) is 2.54. The molecule has 0 aliphatic heterocycles. The van der Waals surface area contributed by atoms with E-state index in [0.717, 1.165) is 5.39 Å². The van der Waals surface area contributed by atoms with Crippen LogP contribution in [0, 0.1) is 0 Å². The van der Waals surface area contributed by atoms with Crippen LogP contribution in [0.1, 0.15) is 18.8 Å². The molecule has 0 aliphatic carbocycles. The van der Waals surface area contributed by atoms with Gasteiger partial charge in [-0.15, -0.1) is 0 Å². The van der Waals surface area contributed by atoms with E-state index >= 15 is 0 Å². The monoisotopic (exact) mass is 345 g/mol. The van der Waals surface area contributed by atoms with Crippen molar-refractivity contribution in [2.75, 3.05) is 12.4 Å². The van der Waals surface area contributed by atoms with Gasteiger partial charge in [-0.2, -0.15) is 0 Å². The lowest BCUT2D eigenvalue weighted by Gasteiger charge is -2.12. The topological polar surface area (TPSA) is 60.7 Å². The van der Waals surface area contributed by atoms with Crippen LogP contribution in [0.5, 0.6) is 5.75 Å². The summed E-state index contributed by atoms with van der Waals surface area (Å²) in [6.07, 6.45) is -1.14. The maximum atomic E-state index is 12.0. The van der Waals surface area contributed by atoms with Gasteiger partial charge in [0.2, 0.25) is 0 Å². The van der Waals surface area contributed by atoms with Gasteiger partial charge in [-0.3, -0.25) is 5.32 Å². The van der Waals surface area contributed by atoms with Gasteiger partial charge >= 0.3 is 6.09 Å². The number of rotatable bonds is 4. The summed E-state index contributed by atoms with van der Waals surface area (Å²) in [6, 6.07) is 14.3. The van der Waals surface area contributed by atoms with Crippen LogP contribution in [0.4, 0.5) is 10.5 Å². The molecule has 0 radical (unpaired) electrons. The highest BCUT2D eigenvalue weighted by Gasteiger charge is 2.18. The Kier molecular flexibility index (Phi) is 4.62. The first-order valence-corrected chi connectivity index (χ1v) is 7.74. The molecule has 1 amide bonds. The van der Waals surface area contributed by atoms with Gasteiger partial charge in [0.05, 0.1) is 7.11 Å². The van der Waals surface area contributed by atoms with Crippen LogP contribution >= 0.6 is 11.6 Å². The van der Waals surface area contributed by atoms with Crippen molar-refractivity contribution in [2.45, 2.75) is 13.0 Å². The summed E-state index contributed by atoms with van der Waals surface area (Å²) in [5.41, 5.74) is 1.19. The lowest BCUT2D eigenvalue weighted by atomic mass is 10.2. The number of nitrogens with one attached hydrogen (secondary N) is 1. The summed E-state index contributed by atoms with van der Waals surface area (Å²) in [6.45, 7) is 1.74. The Morgan fingerprint density at radius 3 is 2.75 bits per heavy atom. The molecule has 0 saturated heterocycles. The molecule has 1 heterocycles. The van der Waals surface area contributed by atoms with E-state index in [2.05, 4.69) is 5.32 Å². The van der Waals surface area contributed by atoms with Gasteiger partial charge in [0.1, 0.15) is 5.76 Å². The summed E-state index contributed by atoms with van der Waals surface area (Å²) < 4.78 is 16.4. The van der Waals surface area contributed by atoms with E-state index in [1.54, 1.807) is 38.3 Å². The molecule has 0 bridgehead atoms. The number of halogens is 1. The van der Waals surface area contributed by atoms with Gasteiger partial charge in [0, 0.05) is 16.1 Å². The zero-order valence-electron chi connectivity index (χ0n) is 13.2. The molecular formula is C18H16ClNO4. The number of furan rings is 1. The standard InChI is InChI=1S/C18H16ClNO4/c1-11(23-18(21)20-14-7-4-6-13(19)10-14)16-9-12-5-3-8-15(22-2)17(12)24-16/h3-11H,1-2H3,(H,20,21)/t11-/m0/s1. The Labute approximate surface area is 144 Å². The number of hydrogen-bond donors (Lipinski definition) is 1. The first kappa shape index (κ1) is 16.2. The number of amides is 1. The van der Waals surface area contributed by atoms with Crippen molar-refractivity contribution in [3.8, 4) is 5.75 Å². The van der Waals surface area contributed by atoms with E-state index in [1.165, 1.54) is 0 Å². The second kappa shape index (κ2) is 6.84. The Morgan fingerprint density at radius 1 is 1.21 bits per heavy atom. The van der Waals surface area contributed by atoms with Gasteiger partial charge in [-0.1, -0.05) is 29.8 Å². The van der Waals surface area contributed by atoms with Gasteiger partial charge in [0.15, 0.2) is 17.4 Å². The maximum absolute atomic E-state index is 12.0. The molecule has 3 rings (SSSR count). The third kappa shape index (κ3) is 3.46. The van der Waals surface area contributed by atoms with Gasteiger partial charge in [0.25, 0.3) is 0 Å². The number of para-hydroxylation sites is 1. The van der Waals surface area contributed by atoms with E-state index in [1.807, 2.05) is 24.3 Å². The minimum absolute atomic E-state index is 0.533. The zero-order valence-corrected chi connectivity index (χ0v) is 14.0. The van der Waals surface area contributed by atoms with Crippen LogP contribution in [-0.2, 0) is 4.74 Å². The van der Waals surface area contributed by atoms with Crippen LogP contribution in [0.3, 0.4) is 0 Å². The molecule has 1 N–H and O–H groups in total. The van der Waals surface area contributed by atoms with Crippen LogP contribution in [0.25, 0.3) is 11.0 Å². The number of carbonyl (C=O) groups excluding carboxylic acids is 1. The number of fused-ring (bicyclic) bond motifs is 1. The SMILES string of the molecule is COc1cccc2cc([C@H](C)OC(=O)Nc3cccc(Cl)c3)oc12. The largest absolute Gasteiger partial charge is 0.493 e. The highest BCUT2D eigenvalue weighted by atomic mass is 35.5. The fraction of sp³-hybridized carbons (Fsp3) is 0.167. The van der Waals surface area contributed by atoms with Gasteiger partial charge in [-0.05, 0) is 37.3 Å². The van der Waals surface area contributed by atoms with Crippen molar-refractivity contribution in [2.24, 2.45) is 0 Å². The first-order valence-electron chi connectivity index (χ1n) is 7.36. The van der Waals surface area contributed by atoms with E-state index in [0.29, 0.717) is 27.8 Å². The highest BCUT2D eigenvalue weighted by molar-refractivity contribution is 6.30. The molecule has 3 aromatic rings. The highest BCUT2D eigenvalue weighted by Crippen LogP contribution is 2.32. The molecule has 6 heteroatoms. The number of methoxy groups -OCH3 is 1. The van der Waals surface area contributed by atoms with Crippen LogP contribution in [0.15, 0.2) is 52.9 Å². The van der Waals surface area contributed by atoms with Crippen molar-refractivity contribution in [1.82, 2.24) is 0 Å². The van der Waals surface area contributed by atoms with Crippen molar-refractivity contribution < 1.29 is 18.7 Å². The van der Waals surface area contributed by atoms with Gasteiger partial charge in [-0.25, -0.2) is 4.79 Å². The second-order valence-corrected chi connectivity index (χ2v) is 5.65. The molecule has 0 aliphatic rings. The molecule has 5 nitrogen and oxygen atoms in total. The van der Waals surface area contributed by atoms with Gasteiger partial charge < -0.3 is 13.9 Å². The summed E-state index contributed by atoms with van der Waals surface area (Å²) in [4.78, 5) is 12.0. The smallest absolute Gasteiger partial charge is 0.412 e. The molecule has 0 spiro atoms. The third-order valence-corrected chi connectivity index (χ3v) is 3.74. The minimum Gasteiger partial charge on any atom is -0.493 e. The number of benzene rings is 2. The van der Waals surface area contributed by atoms with E-state index in [4.69, 9.17) is 25.5 Å². The van der Waals surface area contributed by atoms with E-state index < -0.39 is 12.2 Å². The maximum Gasteiger partial charge on any atom is 0.412 e.